The summed E-state index contributed by atoms with van der Waals surface area (Å²) < 4.78 is 22.5. The van der Waals surface area contributed by atoms with E-state index in [-0.39, 0.29) is 0 Å². The highest BCUT2D eigenvalue weighted by molar-refractivity contribution is 6.15. The van der Waals surface area contributed by atoms with Gasteiger partial charge in [0.15, 0.2) is 23.0 Å². The van der Waals surface area contributed by atoms with Crippen molar-refractivity contribution < 1.29 is 18.9 Å². The van der Waals surface area contributed by atoms with Crippen LogP contribution in [-0.4, -0.2) is 40.4 Å². The first-order valence-corrected chi connectivity index (χ1v) is 8.55. The summed E-state index contributed by atoms with van der Waals surface area (Å²) in [4.78, 5) is 2.30. The topological polar surface area (TPSA) is 40.2 Å². The quantitative estimate of drug-likeness (QED) is 0.664. The van der Waals surface area contributed by atoms with E-state index in [1.807, 2.05) is 12.1 Å². The molecule has 5 nitrogen and oxygen atoms in total. The zero-order valence-electron chi connectivity index (χ0n) is 15.8. The van der Waals surface area contributed by atoms with Crippen LogP contribution >= 0.6 is 0 Å². The van der Waals surface area contributed by atoms with Crippen LogP contribution in [0.15, 0.2) is 24.3 Å². The number of hydrogen-bond acceptors (Lipinski definition) is 5. The summed E-state index contributed by atoms with van der Waals surface area (Å²) in [6, 6.07) is 8.38. The van der Waals surface area contributed by atoms with E-state index in [1.165, 1.54) is 16.5 Å². The molecular formula is C21H23NO4. The van der Waals surface area contributed by atoms with E-state index in [2.05, 4.69) is 24.1 Å². The molecule has 5 heteroatoms. The molecule has 0 amide bonds. The summed E-state index contributed by atoms with van der Waals surface area (Å²) in [6.07, 6.45) is 0. The van der Waals surface area contributed by atoms with Gasteiger partial charge in [0, 0.05) is 18.5 Å². The van der Waals surface area contributed by atoms with Gasteiger partial charge in [-0.1, -0.05) is 0 Å². The SMILES string of the molecule is COc1cc2cc3c4c(cc(OC)c(OC)c4c2cc1OC)CN(C)C3. The molecule has 0 atom stereocenters. The Morgan fingerprint density at radius 2 is 1.31 bits per heavy atom. The summed E-state index contributed by atoms with van der Waals surface area (Å²) in [7, 11) is 8.81. The minimum absolute atomic E-state index is 0.703. The van der Waals surface area contributed by atoms with E-state index in [0.717, 1.165) is 46.5 Å². The molecule has 0 bridgehead atoms. The van der Waals surface area contributed by atoms with E-state index < -0.39 is 0 Å². The minimum Gasteiger partial charge on any atom is -0.493 e. The minimum atomic E-state index is 0.703. The Morgan fingerprint density at radius 1 is 0.692 bits per heavy atom. The average Bonchev–Trinajstić information content (AvgIpc) is 2.65. The first-order chi connectivity index (χ1) is 12.6. The first-order valence-electron chi connectivity index (χ1n) is 8.55. The maximum absolute atomic E-state index is 5.78. The second kappa shape index (κ2) is 6.25. The molecule has 136 valence electrons. The lowest BCUT2D eigenvalue weighted by molar-refractivity contribution is 0.311. The predicted octanol–water partition coefficient (Wildman–Crippen LogP) is 3.97. The third-order valence-corrected chi connectivity index (χ3v) is 5.11. The molecule has 0 radical (unpaired) electrons. The third-order valence-electron chi connectivity index (χ3n) is 5.11. The van der Waals surface area contributed by atoms with E-state index in [1.54, 1.807) is 28.4 Å². The van der Waals surface area contributed by atoms with Gasteiger partial charge < -0.3 is 18.9 Å². The maximum atomic E-state index is 5.78. The Kier molecular flexibility index (Phi) is 4.04. The lowest BCUT2D eigenvalue weighted by Gasteiger charge is -2.28. The zero-order chi connectivity index (χ0) is 18.4. The van der Waals surface area contributed by atoms with E-state index in [0.29, 0.717) is 5.75 Å². The van der Waals surface area contributed by atoms with E-state index >= 15 is 0 Å². The van der Waals surface area contributed by atoms with Gasteiger partial charge in [-0.25, -0.2) is 0 Å². The molecule has 0 spiro atoms. The van der Waals surface area contributed by atoms with Crippen LogP contribution in [0.25, 0.3) is 21.5 Å². The standard InChI is InChI=1S/C21H23NO4/c1-22-10-13-6-12-7-16(23-2)17(24-3)9-15(12)20-19(13)14(11-22)8-18(25-4)21(20)26-5/h6-9H,10-11H2,1-5H3. The molecule has 1 aliphatic rings. The van der Waals surface area contributed by atoms with Gasteiger partial charge in [-0.3, -0.25) is 4.90 Å². The molecule has 26 heavy (non-hydrogen) atoms. The molecule has 0 aliphatic carbocycles. The Hall–Kier alpha value is -2.66. The highest BCUT2D eigenvalue weighted by Gasteiger charge is 2.24. The molecule has 0 unspecified atom stereocenters. The van der Waals surface area contributed by atoms with Crippen LogP contribution in [0.1, 0.15) is 11.1 Å². The summed E-state index contributed by atoms with van der Waals surface area (Å²) in [5.41, 5.74) is 2.53. The highest BCUT2D eigenvalue weighted by Crippen LogP contribution is 2.47. The normalized spacial score (nSPS) is 13.9. The maximum Gasteiger partial charge on any atom is 0.169 e. The van der Waals surface area contributed by atoms with Gasteiger partial charge in [-0.2, -0.15) is 0 Å². The second-order valence-corrected chi connectivity index (χ2v) is 6.66. The Morgan fingerprint density at radius 3 is 1.92 bits per heavy atom. The van der Waals surface area contributed by atoms with Crippen molar-refractivity contribution in [3.8, 4) is 23.0 Å². The first kappa shape index (κ1) is 16.8. The molecule has 1 heterocycles. The Bertz CT molecular complexity index is 1010. The van der Waals surface area contributed by atoms with Gasteiger partial charge >= 0.3 is 0 Å². The number of methoxy groups -OCH3 is 4. The van der Waals surface area contributed by atoms with Crippen LogP contribution < -0.4 is 18.9 Å². The van der Waals surface area contributed by atoms with Crippen molar-refractivity contribution in [3.63, 3.8) is 0 Å². The monoisotopic (exact) mass is 353 g/mol. The number of rotatable bonds is 4. The molecule has 0 saturated carbocycles. The van der Waals surface area contributed by atoms with Crippen LogP contribution in [0.3, 0.4) is 0 Å². The summed E-state index contributed by atoms with van der Waals surface area (Å²) >= 11 is 0. The third kappa shape index (κ3) is 2.35. The molecule has 4 rings (SSSR count). The van der Waals surface area contributed by atoms with Gasteiger partial charge in [0.2, 0.25) is 0 Å². The largest absolute Gasteiger partial charge is 0.493 e. The molecule has 0 aromatic heterocycles. The fraction of sp³-hybridized carbons (Fsp3) is 0.333. The Labute approximate surface area is 153 Å². The van der Waals surface area contributed by atoms with Crippen molar-refractivity contribution in [2.24, 2.45) is 0 Å². The Balaban J connectivity index is 2.22. The number of nitrogens with zero attached hydrogens (tertiary/aromatic N) is 1. The van der Waals surface area contributed by atoms with Crippen LogP contribution in [0.5, 0.6) is 23.0 Å². The van der Waals surface area contributed by atoms with Crippen molar-refractivity contribution in [1.82, 2.24) is 4.90 Å². The van der Waals surface area contributed by atoms with E-state index in [9.17, 15) is 0 Å². The smallest absolute Gasteiger partial charge is 0.169 e. The van der Waals surface area contributed by atoms with Crippen molar-refractivity contribution in [2.75, 3.05) is 35.5 Å². The fourth-order valence-corrected chi connectivity index (χ4v) is 4.05. The van der Waals surface area contributed by atoms with Gasteiger partial charge in [0.25, 0.3) is 0 Å². The zero-order valence-corrected chi connectivity index (χ0v) is 15.8. The van der Waals surface area contributed by atoms with Crippen LogP contribution in [-0.2, 0) is 13.1 Å². The van der Waals surface area contributed by atoms with Gasteiger partial charge in [0.1, 0.15) is 0 Å². The molecule has 3 aromatic carbocycles. The fourth-order valence-electron chi connectivity index (χ4n) is 4.05. The molecule has 1 aliphatic heterocycles. The molecular weight excluding hydrogens is 330 g/mol. The lowest BCUT2D eigenvalue weighted by atomic mass is 9.90. The number of hydrogen-bond donors (Lipinski definition) is 0. The van der Waals surface area contributed by atoms with E-state index in [4.69, 9.17) is 18.9 Å². The summed E-state index contributed by atoms with van der Waals surface area (Å²) in [6.45, 7) is 1.77. The van der Waals surface area contributed by atoms with Crippen molar-refractivity contribution in [3.05, 3.63) is 35.4 Å². The second-order valence-electron chi connectivity index (χ2n) is 6.66. The number of fused-ring (bicyclic) bond motifs is 2. The van der Waals surface area contributed by atoms with Gasteiger partial charge in [-0.05, 0) is 58.6 Å². The van der Waals surface area contributed by atoms with Crippen molar-refractivity contribution in [2.45, 2.75) is 13.1 Å². The molecule has 0 N–H and O–H groups in total. The molecule has 0 saturated heterocycles. The number of ether oxygens (including phenoxy) is 4. The van der Waals surface area contributed by atoms with Gasteiger partial charge in [0.05, 0.1) is 28.4 Å². The lowest BCUT2D eigenvalue weighted by Crippen LogP contribution is -2.22. The van der Waals surface area contributed by atoms with Gasteiger partial charge in [-0.15, -0.1) is 0 Å². The van der Waals surface area contributed by atoms with Crippen LogP contribution in [0, 0.1) is 0 Å². The van der Waals surface area contributed by atoms with Crippen molar-refractivity contribution >= 4 is 21.5 Å². The molecule has 3 aromatic rings. The van der Waals surface area contributed by atoms with Crippen molar-refractivity contribution in [1.29, 1.82) is 0 Å². The predicted molar refractivity (Wildman–Crippen MR) is 103 cm³/mol. The van der Waals surface area contributed by atoms with Crippen LogP contribution in [0.4, 0.5) is 0 Å². The highest BCUT2D eigenvalue weighted by atomic mass is 16.5. The summed E-state index contributed by atoms with van der Waals surface area (Å²) in [5, 5.41) is 4.49. The number of benzene rings is 3. The average molecular weight is 353 g/mol. The molecule has 0 fully saturated rings. The van der Waals surface area contributed by atoms with Crippen LogP contribution in [0.2, 0.25) is 0 Å². The summed E-state index contributed by atoms with van der Waals surface area (Å²) in [5.74, 6) is 2.93.